The van der Waals surface area contributed by atoms with Crippen LogP contribution in [0.4, 0.5) is 0 Å². The molecule has 3 heterocycles. The molecular weight excluding hydrogens is 204 g/mol. The molecule has 3 aliphatic rings. The minimum absolute atomic E-state index is 0.211. The van der Waals surface area contributed by atoms with E-state index in [2.05, 4.69) is 0 Å². The molecule has 14 heavy (non-hydrogen) atoms. The molecule has 0 radical (unpaired) electrons. The molecule has 0 N–H and O–H groups in total. The van der Waals surface area contributed by atoms with Crippen molar-refractivity contribution in [2.45, 2.75) is 50.3 Å². The van der Waals surface area contributed by atoms with Crippen molar-refractivity contribution in [3.05, 3.63) is 0 Å². The van der Waals surface area contributed by atoms with Crippen molar-refractivity contribution in [3.8, 4) is 0 Å². The van der Waals surface area contributed by atoms with Gasteiger partial charge in [-0.3, -0.25) is 4.18 Å². The zero-order valence-electron chi connectivity index (χ0n) is 8.48. The minimum Gasteiger partial charge on any atom is -0.367 e. The molecule has 3 aliphatic heterocycles. The third kappa shape index (κ3) is 0.729. The number of hydrogen-bond acceptors (Lipinski definition) is 4. The lowest BCUT2D eigenvalue weighted by molar-refractivity contribution is -0.0230. The van der Waals surface area contributed by atoms with E-state index in [4.69, 9.17) is 8.92 Å². The summed E-state index contributed by atoms with van der Waals surface area (Å²) in [5.74, 6) is 0. The molecule has 2 bridgehead atoms. The fraction of sp³-hybridized carbons (Fsp3) is 1.00. The monoisotopic (exact) mass is 218 g/mol. The summed E-state index contributed by atoms with van der Waals surface area (Å²) in [6.45, 7) is 6.04. The van der Waals surface area contributed by atoms with Crippen LogP contribution in [0, 0.1) is 5.41 Å². The predicted molar refractivity (Wildman–Crippen MR) is 49.3 cm³/mol. The average Bonchev–Trinajstić information content (AvgIpc) is 2.52. The Hall–Kier alpha value is -0.130. The zero-order valence-corrected chi connectivity index (χ0v) is 9.30. The molecule has 0 spiro atoms. The number of ether oxygens (including phenoxy) is 1. The standard InChI is InChI=1S/C9H14O4S/c1-8(2)7-6-5(14(10,11)13-7)4-9(8,3)12-6/h5-7H,4H2,1-3H3. The van der Waals surface area contributed by atoms with Crippen molar-refractivity contribution < 1.29 is 17.3 Å². The highest BCUT2D eigenvalue weighted by Gasteiger charge is 2.73. The van der Waals surface area contributed by atoms with Crippen LogP contribution in [0.5, 0.6) is 0 Å². The molecular formula is C9H14O4S. The largest absolute Gasteiger partial charge is 0.367 e. The van der Waals surface area contributed by atoms with E-state index in [-0.39, 0.29) is 23.2 Å². The van der Waals surface area contributed by atoms with E-state index in [9.17, 15) is 8.42 Å². The Kier molecular flexibility index (Phi) is 1.32. The molecule has 0 amide bonds. The van der Waals surface area contributed by atoms with Crippen LogP contribution >= 0.6 is 0 Å². The first kappa shape index (κ1) is 9.12. The zero-order chi connectivity index (χ0) is 10.4. The summed E-state index contributed by atoms with van der Waals surface area (Å²) in [6, 6.07) is 0. The van der Waals surface area contributed by atoms with Crippen molar-refractivity contribution in [2.75, 3.05) is 0 Å². The van der Waals surface area contributed by atoms with Gasteiger partial charge in [-0.25, -0.2) is 0 Å². The van der Waals surface area contributed by atoms with Gasteiger partial charge in [-0.15, -0.1) is 0 Å². The number of fused-ring (bicyclic) bond motifs is 1. The van der Waals surface area contributed by atoms with Crippen LogP contribution < -0.4 is 0 Å². The third-order valence-corrected chi connectivity index (χ3v) is 5.99. The average molecular weight is 218 g/mol. The lowest BCUT2D eigenvalue weighted by Crippen LogP contribution is -2.47. The van der Waals surface area contributed by atoms with Gasteiger partial charge in [0.2, 0.25) is 0 Å². The molecule has 0 aromatic heterocycles. The second-order valence-electron chi connectivity index (χ2n) is 5.29. The second kappa shape index (κ2) is 2.03. The van der Waals surface area contributed by atoms with Gasteiger partial charge in [-0.2, -0.15) is 8.42 Å². The maximum absolute atomic E-state index is 11.6. The first-order chi connectivity index (χ1) is 6.28. The first-order valence-electron chi connectivity index (χ1n) is 4.88. The minimum atomic E-state index is -3.37. The summed E-state index contributed by atoms with van der Waals surface area (Å²) in [5, 5.41) is -0.425. The molecule has 0 aliphatic carbocycles. The fourth-order valence-corrected chi connectivity index (χ4v) is 4.80. The lowest BCUT2D eigenvalue weighted by atomic mass is 9.67. The Morgan fingerprint density at radius 1 is 1.29 bits per heavy atom. The van der Waals surface area contributed by atoms with Gasteiger partial charge in [0.05, 0.1) is 5.60 Å². The van der Waals surface area contributed by atoms with Crippen LogP contribution in [0.25, 0.3) is 0 Å². The van der Waals surface area contributed by atoms with Crippen LogP contribution in [0.15, 0.2) is 0 Å². The first-order valence-corrected chi connectivity index (χ1v) is 6.35. The lowest BCUT2D eigenvalue weighted by Gasteiger charge is -2.37. The molecule has 4 unspecified atom stereocenters. The van der Waals surface area contributed by atoms with Crippen LogP contribution in [0.3, 0.4) is 0 Å². The van der Waals surface area contributed by atoms with Gasteiger partial charge in [0, 0.05) is 5.41 Å². The van der Waals surface area contributed by atoms with E-state index in [0.717, 1.165) is 0 Å². The Bertz CT molecular complexity index is 396. The molecule has 0 aromatic carbocycles. The van der Waals surface area contributed by atoms with Gasteiger partial charge in [0.1, 0.15) is 17.5 Å². The van der Waals surface area contributed by atoms with Crippen molar-refractivity contribution in [2.24, 2.45) is 5.41 Å². The molecule has 3 saturated heterocycles. The highest BCUT2D eigenvalue weighted by atomic mass is 32.2. The van der Waals surface area contributed by atoms with Gasteiger partial charge in [-0.05, 0) is 13.3 Å². The Morgan fingerprint density at radius 3 is 2.43 bits per heavy atom. The van der Waals surface area contributed by atoms with Crippen LogP contribution in [-0.4, -0.2) is 31.5 Å². The highest BCUT2D eigenvalue weighted by Crippen LogP contribution is 2.61. The van der Waals surface area contributed by atoms with E-state index in [0.29, 0.717) is 6.42 Å². The molecule has 80 valence electrons. The smallest absolute Gasteiger partial charge is 0.273 e. The summed E-state index contributed by atoms with van der Waals surface area (Å²) in [5.41, 5.74) is -0.547. The van der Waals surface area contributed by atoms with Crippen molar-refractivity contribution in [1.82, 2.24) is 0 Å². The van der Waals surface area contributed by atoms with Gasteiger partial charge in [-0.1, -0.05) is 13.8 Å². The van der Waals surface area contributed by atoms with Crippen LogP contribution in [-0.2, 0) is 19.0 Å². The normalized spacial score (nSPS) is 56.6. The summed E-state index contributed by atoms with van der Waals surface area (Å²) < 4.78 is 34.2. The molecule has 5 heteroatoms. The highest BCUT2D eigenvalue weighted by molar-refractivity contribution is 7.87. The van der Waals surface area contributed by atoms with Crippen molar-refractivity contribution in [1.29, 1.82) is 0 Å². The van der Waals surface area contributed by atoms with Crippen molar-refractivity contribution >= 4 is 10.1 Å². The second-order valence-corrected chi connectivity index (χ2v) is 7.07. The van der Waals surface area contributed by atoms with Gasteiger partial charge in [0.15, 0.2) is 0 Å². The molecule has 0 saturated carbocycles. The Morgan fingerprint density at radius 2 is 1.93 bits per heavy atom. The van der Waals surface area contributed by atoms with Crippen LogP contribution in [0.2, 0.25) is 0 Å². The van der Waals surface area contributed by atoms with Crippen molar-refractivity contribution in [3.63, 3.8) is 0 Å². The maximum atomic E-state index is 11.6. The third-order valence-electron chi connectivity index (χ3n) is 4.33. The maximum Gasteiger partial charge on any atom is 0.273 e. The Labute approximate surface area is 83.7 Å². The topological polar surface area (TPSA) is 52.6 Å². The summed E-state index contributed by atoms with van der Waals surface area (Å²) >= 11 is 0. The molecule has 0 aromatic rings. The van der Waals surface area contributed by atoms with Gasteiger partial charge < -0.3 is 4.74 Å². The number of rotatable bonds is 0. The SMILES string of the molecule is CC12CC3C(O1)C(OS3(=O)=O)C2(C)C. The predicted octanol–water partition coefficient (Wildman–Crippen LogP) is 0.671. The molecule has 4 atom stereocenters. The summed E-state index contributed by atoms with van der Waals surface area (Å²) in [7, 11) is -3.37. The molecule has 4 nitrogen and oxygen atoms in total. The number of hydrogen-bond donors (Lipinski definition) is 0. The quantitative estimate of drug-likeness (QED) is 0.561. The molecule has 3 fully saturated rings. The van der Waals surface area contributed by atoms with E-state index in [1.165, 1.54) is 0 Å². The van der Waals surface area contributed by atoms with E-state index in [1.807, 2.05) is 20.8 Å². The molecule has 3 rings (SSSR count). The van der Waals surface area contributed by atoms with Gasteiger partial charge in [0.25, 0.3) is 10.1 Å². The van der Waals surface area contributed by atoms with Gasteiger partial charge >= 0.3 is 0 Å². The summed E-state index contributed by atoms with van der Waals surface area (Å²) in [4.78, 5) is 0. The Balaban J connectivity index is 2.18. The fourth-order valence-electron chi connectivity index (χ4n) is 2.96. The summed E-state index contributed by atoms with van der Waals surface area (Å²) in [6.07, 6.45) is 0.0556. The van der Waals surface area contributed by atoms with E-state index < -0.39 is 15.4 Å². The van der Waals surface area contributed by atoms with E-state index >= 15 is 0 Å². The van der Waals surface area contributed by atoms with E-state index in [1.54, 1.807) is 0 Å². The van der Waals surface area contributed by atoms with Crippen LogP contribution in [0.1, 0.15) is 27.2 Å².